The summed E-state index contributed by atoms with van der Waals surface area (Å²) in [5, 5.41) is 5.77. The number of hydrogen-bond acceptors (Lipinski definition) is 2. The number of halogens is 1. The van der Waals surface area contributed by atoms with Crippen LogP contribution >= 0.6 is 0 Å². The zero-order valence-electron chi connectivity index (χ0n) is 14.5. The van der Waals surface area contributed by atoms with Crippen molar-refractivity contribution in [2.75, 3.05) is 5.32 Å². The quantitative estimate of drug-likeness (QED) is 0.770. The summed E-state index contributed by atoms with van der Waals surface area (Å²) in [7, 11) is 0. The van der Waals surface area contributed by atoms with Crippen LogP contribution in [0.25, 0.3) is 6.08 Å². The fourth-order valence-corrected chi connectivity index (χ4v) is 2.54. The van der Waals surface area contributed by atoms with Gasteiger partial charge in [0, 0.05) is 17.7 Å². The van der Waals surface area contributed by atoms with Gasteiger partial charge in [-0.15, -0.1) is 0 Å². The van der Waals surface area contributed by atoms with Crippen LogP contribution in [0.15, 0.2) is 54.6 Å². The maximum Gasteiger partial charge on any atom is 0.244 e. The lowest BCUT2D eigenvalue weighted by atomic mass is 10.1. The summed E-state index contributed by atoms with van der Waals surface area (Å²) in [5.74, 6) is -0.296. The van der Waals surface area contributed by atoms with Gasteiger partial charge in [-0.1, -0.05) is 24.3 Å². The summed E-state index contributed by atoms with van der Waals surface area (Å²) in [5.41, 5.74) is 2.46. The molecule has 0 saturated heterocycles. The second-order valence-electron chi connectivity index (χ2n) is 6.50. The van der Waals surface area contributed by atoms with Gasteiger partial charge in [0.25, 0.3) is 0 Å². The van der Waals surface area contributed by atoms with Crippen molar-refractivity contribution >= 4 is 23.6 Å². The van der Waals surface area contributed by atoms with E-state index in [1.165, 1.54) is 18.2 Å². The molecule has 134 valence electrons. The van der Waals surface area contributed by atoms with Crippen LogP contribution in [-0.2, 0) is 9.59 Å². The molecular weight excluding hydrogens is 331 g/mol. The molecule has 26 heavy (non-hydrogen) atoms. The minimum atomic E-state index is -0.308. The molecule has 0 spiro atoms. The molecule has 0 aromatic heterocycles. The highest BCUT2D eigenvalue weighted by Crippen LogP contribution is 2.30. The van der Waals surface area contributed by atoms with E-state index < -0.39 is 0 Å². The third-order valence-electron chi connectivity index (χ3n) is 4.28. The summed E-state index contributed by atoms with van der Waals surface area (Å²) in [6, 6.07) is 13.2. The van der Waals surface area contributed by atoms with E-state index in [0.717, 1.165) is 29.7 Å². The summed E-state index contributed by atoms with van der Waals surface area (Å²) < 4.78 is 12.9. The fraction of sp³-hybridized carbons (Fsp3) is 0.238. The first-order valence-corrected chi connectivity index (χ1v) is 8.66. The van der Waals surface area contributed by atoms with E-state index in [-0.39, 0.29) is 29.6 Å². The van der Waals surface area contributed by atoms with E-state index in [4.69, 9.17) is 0 Å². The Hall–Kier alpha value is -2.95. The van der Waals surface area contributed by atoms with Gasteiger partial charge in [0.05, 0.1) is 6.04 Å². The number of hydrogen-bond donors (Lipinski definition) is 2. The summed E-state index contributed by atoms with van der Waals surface area (Å²) in [4.78, 5) is 23.8. The standard InChI is InChI=1S/C21H21FN2O2/c1-14(23-20(25)13-4-15-2-9-18(22)10-3-15)16-7-11-19(12-8-16)24-21(26)17-5-6-17/h2-4,7-14,17H,5-6H2,1H3,(H,23,25)(H,24,26)/b13-4+. The molecule has 0 bridgehead atoms. The Morgan fingerprint density at radius 1 is 1.08 bits per heavy atom. The minimum Gasteiger partial charge on any atom is -0.346 e. The molecule has 0 radical (unpaired) electrons. The molecule has 1 atom stereocenters. The smallest absolute Gasteiger partial charge is 0.244 e. The average molecular weight is 352 g/mol. The van der Waals surface area contributed by atoms with Gasteiger partial charge in [-0.3, -0.25) is 9.59 Å². The van der Waals surface area contributed by atoms with Gasteiger partial charge in [0.2, 0.25) is 11.8 Å². The molecule has 1 unspecified atom stereocenters. The Balaban J connectivity index is 1.53. The molecule has 2 aromatic rings. The Morgan fingerprint density at radius 3 is 2.35 bits per heavy atom. The lowest BCUT2D eigenvalue weighted by molar-refractivity contribution is -0.118. The SMILES string of the molecule is CC(NC(=O)/C=C/c1ccc(F)cc1)c1ccc(NC(=O)C2CC2)cc1. The number of amides is 2. The number of rotatable bonds is 6. The molecule has 2 aromatic carbocycles. The first-order valence-electron chi connectivity index (χ1n) is 8.66. The molecule has 0 aliphatic heterocycles. The molecule has 2 amide bonds. The van der Waals surface area contributed by atoms with Crippen molar-refractivity contribution in [1.29, 1.82) is 0 Å². The molecule has 1 aliphatic carbocycles. The Morgan fingerprint density at radius 2 is 1.73 bits per heavy atom. The largest absolute Gasteiger partial charge is 0.346 e. The van der Waals surface area contributed by atoms with Gasteiger partial charge >= 0.3 is 0 Å². The van der Waals surface area contributed by atoms with Crippen LogP contribution in [-0.4, -0.2) is 11.8 Å². The first kappa shape index (κ1) is 17.9. The Bertz CT molecular complexity index is 809. The predicted molar refractivity (Wildman–Crippen MR) is 99.8 cm³/mol. The third kappa shape index (κ3) is 5.02. The second kappa shape index (κ2) is 7.95. The molecule has 0 heterocycles. The molecule has 5 heteroatoms. The van der Waals surface area contributed by atoms with Gasteiger partial charge in [-0.05, 0) is 61.2 Å². The van der Waals surface area contributed by atoms with Crippen molar-refractivity contribution in [2.24, 2.45) is 5.92 Å². The van der Waals surface area contributed by atoms with E-state index in [2.05, 4.69) is 10.6 Å². The van der Waals surface area contributed by atoms with E-state index in [1.54, 1.807) is 18.2 Å². The maximum atomic E-state index is 12.9. The Kier molecular flexibility index (Phi) is 5.46. The van der Waals surface area contributed by atoms with E-state index >= 15 is 0 Å². The lowest BCUT2D eigenvalue weighted by Crippen LogP contribution is -2.24. The highest BCUT2D eigenvalue weighted by Gasteiger charge is 2.29. The lowest BCUT2D eigenvalue weighted by Gasteiger charge is -2.14. The molecule has 4 nitrogen and oxygen atoms in total. The summed E-state index contributed by atoms with van der Waals surface area (Å²) in [6.45, 7) is 1.89. The van der Waals surface area contributed by atoms with Gasteiger partial charge in [0.1, 0.15) is 5.82 Å². The molecule has 1 saturated carbocycles. The second-order valence-corrected chi connectivity index (χ2v) is 6.50. The van der Waals surface area contributed by atoms with Crippen molar-refractivity contribution in [3.8, 4) is 0 Å². The van der Waals surface area contributed by atoms with Crippen LogP contribution in [0, 0.1) is 11.7 Å². The highest BCUT2D eigenvalue weighted by molar-refractivity contribution is 5.94. The molecule has 2 N–H and O–H groups in total. The minimum absolute atomic E-state index is 0.0741. The maximum absolute atomic E-state index is 12.9. The number of carbonyl (C=O) groups excluding carboxylic acids is 2. The van der Waals surface area contributed by atoms with Crippen molar-refractivity contribution in [3.05, 3.63) is 71.6 Å². The van der Waals surface area contributed by atoms with Gasteiger partial charge in [-0.2, -0.15) is 0 Å². The molecule has 1 aliphatic rings. The van der Waals surface area contributed by atoms with Crippen LogP contribution in [0.4, 0.5) is 10.1 Å². The Labute approximate surface area is 152 Å². The average Bonchev–Trinajstić information content (AvgIpc) is 3.47. The topological polar surface area (TPSA) is 58.2 Å². The normalized spacial score (nSPS) is 14.8. The number of nitrogens with one attached hydrogen (secondary N) is 2. The van der Waals surface area contributed by atoms with Gasteiger partial charge < -0.3 is 10.6 Å². The predicted octanol–water partition coefficient (Wildman–Crippen LogP) is 4.06. The molecular formula is C21H21FN2O2. The van der Waals surface area contributed by atoms with Gasteiger partial charge in [0.15, 0.2) is 0 Å². The van der Waals surface area contributed by atoms with Crippen LogP contribution in [0.3, 0.4) is 0 Å². The van der Waals surface area contributed by atoms with Crippen molar-refractivity contribution < 1.29 is 14.0 Å². The van der Waals surface area contributed by atoms with Crippen LogP contribution in [0.1, 0.15) is 36.9 Å². The third-order valence-corrected chi connectivity index (χ3v) is 4.28. The van der Waals surface area contributed by atoms with Crippen molar-refractivity contribution in [1.82, 2.24) is 5.32 Å². The van der Waals surface area contributed by atoms with E-state index in [9.17, 15) is 14.0 Å². The van der Waals surface area contributed by atoms with E-state index in [0.29, 0.717) is 0 Å². The van der Waals surface area contributed by atoms with Crippen molar-refractivity contribution in [2.45, 2.75) is 25.8 Å². The van der Waals surface area contributed by atoms with E-state index in [1.807, 2.05) is 31.2 Å². The van der Waals surface area contributed by atoms with Crippen LogP contribution in [0.2, 0.25) is 0 Å². The van der Waals surface area contributed by atoms with Crippen LogP contribution < -0.4 is 10.6 Å². The summed E-state index contributed by atoms with van der Waals surface area (Å²) in [6.07, 6.45) is 5.00. The first-order chi connectivity index (χ1) is 12.5. The van der Waals surface area contributed by atoms with Crippen molar-refractivity contribution in [3.63, 3.8) is 0 Å². The van der Waals surface area contributed by atoms with Gasteiger partial charge in [-0.25, -0.2) is 4.39 Å². The number of benzene rings is 2. The summed E-state index contributed by atoms with van der Waals surface area (Å²) >= 11 is 0. The molecule has 3 rings (SSSR count). The highest BCUT2D eigenvalue weighted by atomic mass is 19.1. The fourth-order valence-electron chi connectivity index (χ4n) is 2.54. The number of carbonyl (C=O) groups is 2. The zero-order valence-corrected chi connectivity index (χ0v) is 14.5. The zero-order chi connectivity index (χ0) is 18.5. The van der Waals surface area contributed by atoms with Crippen LogP contribution in [0.5, 0.6) is 0 Å². The number of anilines is 1. The molecule has 1 fully saturated rings. The monoisotopic (exact) mass is 352 g/mol.